The van der Waals surface area contributed by atoms with Gasteiger partial charge in [-0.05, 0) is 58.2 Å². The van der Waals surface area contributed by atoms with E-state index >= 15 is 0 Å². The first-order valence-electron chi connectivity index (χ1n) is 7.40. The topological polar surface area (TPSA) is 37.4 Å². The summed E-state index contributed by atoms with van der Waals surface area (Å²) in [5.74, 6) is 0. The molecule has 0 spiro atoms. The smallest absolute Gasteiger partial charge is 0.207 e. The Hall–Kier alpha value is -0.390. The predicted octanol–water partition coefficient (Wildman–Crippen LogP) is 4.04. The molecule has 5 heteroatoms. The molecule has 1 saturated carbocycles. The monoisotopic (exact) mass is 371 g/mol. The van der Waals surface area contributed by atoms with Gasteiger partial charge < -0.3 is 0 Å². The van der Waals surface area contributed by atoms with Crippen LogP contribution in [0.5, 0.6) is 0 Å². The summed E-state index contributed by atoms with van der Waals surface area (Å²) in [6.07, 6.45) is 3.03. The van der Waals surface area contributed by atoms with E-state index in [1.54, 1.807) is 22.5 Å². The van der Waals surface area contributed by atoms with Crippen molar-refractivity contribution >= 4 is 26.0 Å². The fourth-order valence-corrected chi connectivity index (χ4v) is 7.21. The molecule has 2 aliphatic rings. The normalized spacial score (nSPS) is 32.3. The van der Waals surface area contributed by atoms with Crippen LogP contribution < -0.4 is 0 Å². The van der Waals surface area contributed by atoms with Crippen LogP contribution in [0.1, 0.15) is 40.0 Å². The molecule has 0 amide bonds. The maximum absolute atomic E-state index is 13.0. The number of sulfonamides is 1. The highest BCUT2D eigenvalue weighted by atomic mass is 79.9. The van der Waals surface area contributed by atoms with Gasteiger partial charge in [0, 0.05) is 17.1 Å². The Morgan fingerprint density at radius 1 is 1.19 bits per heavy atom. The standard InChI is InChI=1S/C16H22BrNO2S/c1-15(2)8-12-9-16(3,10-15)11-18(12)21(19,20)14-7-5-4-6-13(14)17/h4-7,12H,8-11H2,1-3H3. The van der Waals surface area contributed by atoms with Crippen molar-refractivity contribution in [2.24, 2.45) is 10.8 Å². The molecule has 0 radical (unpaired) electrons. The molecule has 21 heavy (non-hydrogen) atoms. The number of rotatable bonds is 2. The van der Waals surface area contributed by atoms with Crippen LogP contribution in [-0.2, 0) is 10.0 Å². The second-order valence-corrected chi connectivity index (χ2v) is 10.4. The van der Waals surface area contributed by atoms with Crippen LogP contribution in [0.4, 0.5) is 0 Å². The van der Waals surface area contributed by atoms with Crippen LogP contribution in [0, 0.1) is 10.8 Å². The van der Waals surface area contributed by atoms with E-state index in [1.807, 2.05) is 6.07 Å². The van der Waals surface area contributed by atoms with Crippen LogP contribution in [-0.4, -0.2) is 25.3 Å². The maximum Gasteiger partial charge on any atom is 0.244 e. The minimum absolute atomic E-state index is 0.112. The highest BCUT2D eigenvalue weighted by Gasteiger charge is 2.53. The SMILES string of the molecule is CC1(C)CC2CC(C)(CN2S(=O)(=O)c2ccccc2Br)C1. The van der Waals surface area contributed by atoms with Crippen molar-refractivity contribution in [3.8, 4) is 0 Å². The molecule has 1 aliphatic heterocycles. The predicted molar refractivity (Wildman–Crippen MR) is 87.6 cm³/mol. The summed E-state index contributed by atoms with van der Waals surface area (Å²) in [5.41, 5.74) is 0.330. The fourth-order valence-electron chi connectivity index (χ4n) is 4.47. The third-order valence-electron chi connectivity index (χ3n) is 4.79. The van der Waals surface area contributed by atoms with Crippen molar-refractivity contribution in [1.82, 2.24) is 4.31 Å². The molecular weight excluding hydrogens is 350 g/mol. The molecule has 2 atom stereocenters. The zero-order valence-corrected chi connectivity index (χ0v) is 15.2. The summed E-state index contributed by atoms with van der Waals surface area (Å²) in [4.78, 5) is 0.388. The molecule has 0 aromatic heterocycles. The van der Waals surface area contributed by atoms with Gasteiger partial charge in [-0.3, -0.25) is 0 Å². The Labute approximate surface area is 135 Å². The van der Waals surface area contributed by atoms with E-state index in [-0.39, 0.29) is 16.9 Å². The van der Waals surface area contributed by atoms with Crippen molar-refractivity contribution in [2.45, 2.75) is 51.0 Å². The average molecular weight is 372 g/mol. The zero-order valence-electron chi connectivity index (χ0n) is 12.8. The number of fused-ring (bicyclic) bond motifs is 2. The molecule has 1 heterocycles. The quantitative estimate of drug-likeness (QED) is 0.786. The van der Waals surface area contributed by atoms with Crippen molar-refractivity contribution < 1.29 is 8.42 Å². The molecule has 3 rings (SSSR count). The van der Waals surface area contributed by atoms with Gasteiger partial charge in [0.1, 0.15) is 0 Å². The Morgan fingerprint density at radius 3 is 2.52 bits per heavy atom. The van der Waals surface area contributed by atoms with Crippen LogP contribution in [0.25, 0.3) is 0 Å². The Kier molecular flexibility index (Phi) is 3.54. The molecule has 1 saturated heterocycles. The second-order valence-electron chi connectivity index (χ2n) is 7.69. The lowest BCUT2D eigenvalue weighted by Crippen LogP contribution is -2.37. The Balaban J connectivity index is 2.00. The van der Waals surface area contributed by atoms with Crippen molar-refractivity contribution in [1.29, 1.82) is 0 Å². The van der Waals surface area contributed by atoms with Gasteiger partial charge in [-0.2, -0.15) is 4.31 Å². The first kappa shape index (κ1) is 15.5. The molecule has 116 valence electrons. The Bertz CT molecular complexity index is 671. The average Bonchev–Trinajstić information content (AvgIpc) is 2.59. The van der Waals surface area contributed by atoms with Crippen LogP contribution in [0.2, 0.25) is 0 Å². The number of halogens is 1. The van der Waals surface area contributed by atoms with Crippen LogP contribution in [0.3, 0.4) is 0 Å². The fraction of sp³-hybridized carbons (Fsp3) is 0.625. The first-order chi connectivity index (χ1) is 9.63. The summed E-state index contributed by atoms with van der Waals surface area (Å²) < 4.78 is 28.5. The van der Waals surface area contributed by atoms with Gasteiger partial charge in [-0.1, -0.05) is 32.9 Å². The third kappa shape index (κ3) is 2.68. The van der Waals surface area contributed by atoms with Gasteiger partial charge >= 0.3 is 0 Å². The van der Waals surface area contributed by atoms with Gasteiger partial charge in [-0.15, -0.1) is 0 Å². The number of hydrogen-bond donors (Lipinski definition) is 0. The minimum Gasteiger partial charge on any atom is -0.207 e. The maximum atomic E-state index is 13.0. The van der Waals surface area contributed by atoms with E-state index in [2.05, 4.69) is 36.7 Å². The van der Waals surface area contributed by atoms with E-state index in [0.29, 0.717) is 15.9 Å². The summed E-state index contributed by atoms with van der Waals surface area (Å²) in [5, 5.41) is 0. The number of hydrogen-bond acceptors (Lipinski definition) is 2. The molecule has 2 fully saturated rings. The zero-order chi connectivity index (χ0) is 15.5. The molecular formula is C16H22BrNO2S. The molecule has 3 nitrogen and oxygen atoms in total. The summed E-state index contributed by atoms with van der Waals surface area (Å²) in [6.45, 7) is 7.39. The summed E-state index contributed by atoms with van der Waals surface area (Å²) in [6, 6.07) is 7.24. The molecule has 1 aromatic carbocycles. The molecule has 0 N–H and O–H groups in total. The van der Waals surface area contributed by atoms with Crippen molar-refractivity contribution in [3.63, 3.8) is 0 Å². The summed E-state index contributed by atoms with van der Waals surface area (Å²) in [7, 11) is -3.43. The first-order valence-corrected chi connectivity index (χ1v) is 9.63. The van der Waals surface area contributed by atoms with Crippen molar-refractivity contribution in [2.75, 3.05) is 6.54 Å². The largest absolute Gasteiger partial charge is 0.244 e. The van der Waals surface area contributed by atoms with Gasteiger partial charge in [0.2, 0.25) is 10.0 Å². The lowest BCUT2D eigenvalue weighted by molar-refractivity contribution is 0.133. The van der Waals surface area contributed by atoms with Gasteiger partial charge in [0.25, 0.3) is 0 Å². The molecule has 1 aromatic rings. The van der Waals surface area contributed by atoms with Gasteiger partial charge in [0.05, 0.1) is 4.90 Å². The number of nitrogens with zero attached hydrogens (tertiary/aromatic N) is 1. The highest BCUT2D eigenvalue weighted by Crippen LogP contribution is 2.53. The molecule has 1 aliphatic carbocycles. The highest BCUT2D eigenvalue weighted by molar-refractivity contribution is 9.10. The van der Waals surface area contributed by atoms with E-state index in [1.165, 1.54) is 0 Å². The van der Waals surface area contributed by atoms with E-state index in [4.69, 9.17) is 0 Å². The van der Waals surface area contributed by atoms with Gasteiger partial charge in [-0.25, -0.2) is 8.42 Å². The van der Waals surface area contributed by atoms with E-state index in [9.17, 15) is 8.42 Å². The van der Waals surface area contributed by atoms with Crippen molar-refractivity contribution in [3.05, 3.63) is 28.7 Å². The Morgan fingerprint density at radius 2 is 1.86 bits per heavy atom. The van der Waals surface area contributed by atoms with E-state index in [0.717, 1.165) is 19.3 Å². The minimum atomic E-state index is -3.43. The lowest BCUT2D eigenvalue weighted by atomic mass is 9.65. The number of benzene rings is 1. The van der Waals surface area contributed by atoms with Crippen LogP contribution in [0.15, 0.2) is 33.6 Å². The summed E-state index contributed by atoms with van der Waals surface area (Å²) >= 11 is 3.38. The third-order valence-corrected chi connectivity index (χ3v) is 7.70. The molecule has 2 bridgehead atoms. The van der Waals surface area contributed by atoms with Gasteiger partial charge in [0.15, 0.2) is 0 Å². The van der Waals surface area contributed by atoms with Crippen LogP contribution >= 0.6 is 15.9 Å². The van der Waals surface area contributed by atoms with E-state index < -0.39 is 10.0 Å². The molecule has 2 unspecified atom stereocenters. The second kappa shape index (κ2) is 4.80. The lowest BCUT2D eigenvalue weighted by Gasteiger charge is -2.39.